The Morgan fingerprint density at radius 2 is 2.14 bits per heavy atom. The van der Waals surface area contributed by atoms with E-state index in [0.717, 1.165) is 31.5 Å². The lowest BCUT2D eigenvalue weighted by molar-refractivity contribution is -0.142. The summed E-state index contributed by atoms with van der Waals surface area (Å²) in [5.41, 5.74) is 0.930. The monoisotopic (exact) mass is 293 g/mol. The molecule has 2 fully saturated rings. The smallest absolute Gasteiger partial charge is 0.240 e. The van der Waals surface area contributed by atoms with Gasteiger partial charge in [0.2, 0.25) is 5.91 Å². The van der Waals surface area contributed by atoms with Crippen LogP contribution in [-0.2, 0) is 23.1 Å². The van der Waals surface area contributed by atoms with E-state index in [-0.39, 0.29) is 11.9 Å². The molecular formula is C14H23N5O2. The zero-order valence-electron chi connectivity index (χ0n) is 12.6. The highest BCUT2D eigenvalue weighted by Crippen LogP contribution is 2.21. The molecule has 0 spiro atoms. The summed E-state index contributed by atoms with van der Waals surface area (Å²) in [5, 5.41) is 8.11. The van der Waals surface area contributed by atoms with Crippen molar-refractivity contribution in [1.82, 2.24) is 24.8 Å². The van der Waals surface area contributed by atoms with Gasteiger partial charge in [0.25, 0.3) is 0 Å². The van der Waals surface area contributed by atoms with Gasteiger partial charge in [0.05, 0.1) is 24.9 Å². The molecule has 7 nitrogen and oxygen atoms in total. The molecule has 3 rings (SSSR count). The second-order valence-corrected chi connectivity index (χ2v) is 5.80. The minimum atomic E-state index is -0.0149. The highest BCUT2D eigenvalue weighted by molar-refractivity contribution is 5.82. The van der Waals surface area contributed by atoms with Crippen LogP contribution in [0, 0.1) is 0 Å². The average molecular weight is 293 g/mol. The molecule has 0 bridgehead atoms. The van der Waals surface area contributed by atoms with Crippen molar-refractivity contribution in [3.05, 3.63) is 11.9 Å². The quantitative estimate of drug-likeness (QED) is 0.787. The predicted molar refractivity (Wildman–Crippen MR) is 76.5 cm³/mol. The first-order chi connectivity index (χ1) is 10.2. The van der Waals surface area contributed by atoms with Crippen molar-refractivity contribution in [3.63, 3.8) is 0 Å². The van der Waals surface area contributed by atoms with Gasteiger partial charge in [-0.1, -0.05) is 11.6 Å². The largest absolute Gasteiger partial charge is 0.378 e. The maximum Gasteiger partial charge on any atom is 0.240 e. The lowest BCUT2D eigenvalue weighted by Crippen LogP contribution is -2.53. The van der Waals surface area contributed by atoms with Crippen LogP contribution < -0.4 is 0 Å². The van der Waals surface area contributed by atoms with Gasteiger partial charge in [0, 0.05) is 32.9 Å². The number of rotatable bonds is 3. The lowest BCUT2D eigenvalue weighted by atomic mass is 10.0. The Morgan fingerprint density at radius 3 is 2.86 bits per heavy atom. The normalized spacial score (nSPS) is 24.2. The maximum absolute atomic E-state index is 12.7. The van der Waals surface area contributed by atoms with Crippen LogP contribution in [0.15, 0.2) is 6.20 Å². The molecule has 2 aliphatic rings. The van der Waals surface area contributed by atoms with E-state index in [2.05, 4.69) is 15.2 Å². The minimum absolute atomic E-state index is 0.0149. The van der Waals surface area contributed by atoms with Crippen LogP contribution in [0.5, 0.6) is 0 Å². The number of ether oxygens (including phenoxy) is 1. The van der Waals surface area contributed by atoms with Crippen molar-refractivity contribution in [1.29, 1.82) is 0 Å². The summed E-state index contributed by atoms with van der Waals surface area (Å²) in [6.07, 6.45) is 5.13. The van der Waals surface area contributed by atoms with Gasteiger partial charge >= 0.3 is 0 Å². The van der Waals surface area contributed by atoms with Crippen molar-refractivity contribution in [3.8, 4) is 0 Å². The highest BCUT2D eigenvalue weighted by Gasteiger charge is 2.32. The number of nitrogens with zero attached hydrogens (tertiary/aromatic N) is 5. The predicted octanol–water partition coefficient (Wildman–Crippen LogP) is 0.0284. The number of aryl methyl sites for hydroxylation is 1. The summed E-state index contributed by atoms with van der Waals surface area (Å²) < 4.78 is 7.04. The van der Waals surface area contributed by atoms with E-state index in [0.29, 0.717) is 32.8 Å². The molecule has 116 valence electrons. The molecule has 3 heterocycles. The van der Waals surface area contributed by atoms with Crippen LogP contribution in [0.2, 0.25) is 0 Å². The van der Waals surface area contributed by atoms with Crippen LogP contribution >= 0.6 is 0 Å². The lowest BCUT2D eigenvalue weighted by Gasteiger charge is -2.38. The standard InChI is InChI=1S/C14H23N5O2/c1-17-10-12(15-16-17)11-19-5-3-2-4-13(19)14(20)18-6-8-21-9-7-18/h10,13H,2-9,11H2,1H3. The molecule has 1 unspecified atom stereocenters. The average Bonchev–Trinajstić information content (AvgIpc) is 2.93. The maximum atomic E-state index is 12.7. The number of aromatic nitrogens is 3. The molecule has 0 aromatic carbocycles. The van der Waals surface area contributed by atoms with Crippen molar-refractivity contribution < 1.29 is 9.53 Å². The number of carbonyl (C=O) groups excluding carboxylic acids is 1. The van der Waals surface area contributed by atoms with E-state index in [4.69, 9.17) is 4.74 Å². The van der Waals surface area contributed by atoms with Crippen LogP contribution in [0.3, 0.4) is 0 Å². The molecule has 1 aromatic heterocycles. The Kier molecular flexibility index (Phi) is 4.50. The summed E-state index contributed by atoms with van der Waals surface area (Å²) in [7, 11) is 1.86. The molecule has 2 saturated heterocycles. The van der Waals surface area contributed by atoms with Gasteiger partial charge in [-0.05, 0) is 19.4 Å². The Morgan fingerprint density at radius 1 is 1.33 bits per heavy atom. The number of morpholine rings is 1. The number of likely N-dealkylation sites (tertiary alicyclic amines) is 1. The summed E-state index contributed by atoms with van der Waals surface area (Å²) in [6, 6.07) is -0.0149. The fourth-order valence-corrected chi connectivity index (χ4v) is 3.13. The molecule has 2 aliphatic heterocycles. The third kappa shape index (κ3) is 3.41. The van der Waals surface area contributed by atoms with Crippen LogP contribution in [0.4, 0.5) is 0 Å². The summed E-state index contributed by atoms with van der Waals surface area (Å²) in [5.74, 6) is 0.252. The highest BCUT2D eigenvalue weighted by atomic mass is 16.5. The van der Waals surface area contributed by atoms with Crippen LogP contribution in [0.1, 0.15) is 25.0 Å². The fourth-order valence-electron chi connectivity index (χ4n) is 3.13. The Balaban J connectivity index is 1.67. The second kappa shape index (κ2) is 6.53. The molecule has 1 amide bonds. The third-order valence-electron chi connectivity index (χ3n) is 4.24. The van der Waals surface area contributed by atoms with Gasteiger partial charge in [0.1, 0.15) is 0 Å². The van der Waals surface area contributed by atoms with E-state index in [1.807, 2.05) is 18.1 Å². The molecule has 7 heteroatoms. The Hall–Kier alpha value is -1.47. The number of hydrogen-bond acceptors (Lipinski definition) is 5. The van der Waals surface area contributed by atoms with E-state index in [1.54, 1.807) is 4.68 Å². The molecule has 0 saturated carbocycles. The first kappa shape index (κ1) is 14.5. The number of piperidine rings is 1. The van der Waals surface area contributed by atoms with Gasteiger partial charge in [-0.15, -0.1) is 5.10 Å². The van der Waals surface area contributed by atoms with E-state index in [1.165, 1.54) is 0 Å². The molecule has 0 radical (unpaired) electrons. The van der Waals surface area contributed by atoms with E-state index < -0.39 is 0 Å². The van der Waals surface area contributed by atoms with Gasteiger partial charge < -0.3 is 9.64 Å². The molecule has 0 N–H and O–H groups in total. The zero-order chi connectivity index (χ0) is 14.7. The van der Waals surface area contributed by atoms with Gasteiger partial charge in [-0.25, -0.2) is 0 Å². The van der Waals surface area contributed by atoms with Gasteiger partial charge in [-0.2, -0.15) is 0 Å². The van der Waals surface area contributed by atoms with Crippen molar-refractivity contribution in [2.24, 2.45) is 7.05 Å². The van der Waals surface area contributed by atoms with E-state index in [9.17, 15) is 4.79 Å². The first-order valence-electron chi connectivity index (χ1n) is 7.70. The molecule has 1 atom stereocenters. The van der Waals surface area contributed by atoms with Crippen molar-refractivity contribution in [2.45, 2.75) is 31.8 Å². The molecular weight excluding hydrogens is 270 g/mol. The number of carbonyl (C=O) groups is 1. The molecule has 21 heavy (non-hydrogen) atoms. The third-order valence-corrected chi connectivity index (χ3v) is 4.24. The number of hydrogen-bond donors (Lipinski definition) is 0. The summed E-state index contributed by atoms with van der Waals surface area (Å²) in [4.78, 5) is 16.9. The molecule has 0 aliphatic carbocycles. The van der Waals surface area contributed by atoms with Crippen molar-refractivity contribution >= 4 is 5.91 Å². The SMILES string of the molecule is Cn1cc(CN2CCCCC2C(=O)N2CCOCC2)nn1. The first-order valence-corrected chi connectivity index (χ1v) is 7.70. The Bertz CT molecular complexity index is 483. The van der Waals surface area contributed by atoms with Crippen LogP contribution in [-0.4, -0.2) is 69.6 Å². The summed E-state index contributed by atoms with van der Waals surface area (Å²) in [6.45, 7) is 4.40. The van der Waals surface area contributed by atoms with Gasteiger partial charge in [-0.3, -0.25) is 14.4 Å². The summed E-state index contributed by atoms with van der Waals surface area (Å²) >= 11 is 0. The molecule has 1 aromatic rings. The second-order valence-electron chi connectivity index (χ2n) is 5.80. The zero-order valence-corrected chi connectivity index (χ0v) is 12.6. The van der Waals surface area contributed by atoms with Gasteiger partial charge in [0.15, 0.2) is 0 Å². The fraction of sp³-hybridized carbons (Fsp3) is 0.786. The Labute approximate surface area is 124 Å². The topological polar surface area (TPSA) is 63.5 Å². The van der Waals surface area contributed by atoms with Crippen molar-refractivity contribution in [2.75, 3.05) is 32.8 Å². The van der Waals surface area contributed by atoms with E-state index >= 15 is 0 Å². The number of amides is 1. The van der Waals surface area contributed by atoms with Crippen LogP contribution in [0.25, 0.3) is 0 Å². The minimum Gasteiger partial charge on any atom is -0.378 e.